The zero-order chi connectivity index (χ0) is 15.2. The second-order valence-corrected chi connectivity index (χ2v) is 4.55. The zero-order valence-corrected chi connectivity index (χ0v) is 11.8. The molecule has 0 unspecified atom stereocenters. The van der Waals surface area contributed by atoms with Crippen molar-refractivity contribution in [1.29, 1.82) is 0 Å². The number of furan rings is 1. The van der Waals surface area contributed by atoms with E-state index in [4.69, 9.17) is 9.52 Å². The Labute approximate surface area is 127 Å². The molecule has 112 valence electrons. The smallest absolute Gasteiger partial charge is 0.219 e. The van der Waals surface area contributed by atoms with Gasteiger partial charge in [0.1, 0.15) is 5.69 Å². The summed E-state index contributed by atoms with van der Waals surface area (Å²) in [4.78, 5) is 8.48. The molecule has 3 aromatic heterocycles. The van der Waals surface area contributed by atoms with E-state index < -0.39 is 0 Å². The first-order valence-corrected chi connectivity index (χ1v) is 6.92. The lowest BCUT2D eigenvalue weighted by atomic mass is 10.2. The monoisotopic (exact) mass is 297 g/mol. The first-order chi connectivity index (χ1) is 10.9. The summed E-state index contributed by atoms with van der Waals surface area (Å²) in [5, 5.41) is 20.5. The van der Waals surface area contributed by atoms with Crippen LogP contribution in [0.1, 0.15) is 6.42 Å². The highest BCUT2D eigenvalue weighted by atomic mass is 16.3. The van der Waals surface area contributed by atoms with Crippen LogP contribution in [0.15, 0.2) is 47.3 Å². The van der Waals surface area contributed by atoms with Crippen LogP contribution in [-0.4, -0.2) is 38.4 Å². The topological polar surface area (TPSA) is 97.0 Å². The van der Waals surface area contributed by atoms with Gasteiger partial charge in [0.05, 0.1) is 6.26 Å². The maximum atomic E-state index is 8.92. The molecule has 0 saturated heterocycles. The Morgan fingerprint density at radius 3 is 2.73 bits per heavy atom. The molecule has 0 atom stereocenters. The average molecular weight is 297 g/mol. The van der Waals surface area contributed by atoms with Crippen molar-refractivity contribution in [2.75, 3.05) is 18.5 Å². The summed E-state index contributed by atoms with van der Waals surface area (Å²) in [6.45, 7) is 0.700. The molecule has 0 aromatic carbocycles. The number of aliphatic hydroxyl groups excluding tert-OH is 1. The molecule has 2 N–H and O–H groups in total. The molecule has 7 nitrogen and oxygen atoms in total. The molecular weight excluding hydrogens is 282 g/mol. The highest BCUT2D eigenvalue weighted by Gasteiger charge is 2.13. The van der Waals surface area contributed by atoms with Gasteiger partial charge in [-0.15, -0.1) is 10.2 Å². The summed E-state index contributed by atoms with van der Waals surface area (Å²) in [6, 6.07) is 7.24. The molecule has 0 bridgehead atoms. The predicted molar refractivity (Wildman–Crippen MR) is 81.0 cm³/mol. The van der Waals surface area contributed by atoms with Crippen molar-refractivity contribution in [1.82, 2.24) is 20.2 Å². The number of aliphatic hydroxyl groups is 1. The van der Waals surface area contributed by atoms with Crippen LogP contribution in [0.2, 0.25) is 0 Å². The highest BCUT2D eigenvalue weighted by Crippen LogP contribution is 2.25. The maximum Gasteiger partial charge on any atom is 0.219 e. The standard InChI is InChI=1S/C15H15N5O2/c21-9-2-6-17-15-13(11-4-7-16-8-5-11)19-20-14(18-15)12-3-1-10-22-12/h1,3-5,7-8,10,21H,2,6,9H2,(H,17,18,20). The fraction of sp³-hybridized carbons (Fsp3) is 0.200. The normalized spacial score (nSPS) is 10.6. The van der Waals surface area contributed by atoms with Gasteiger partial charge in [0, 0.05) is 31.1 Å². The van der Waals surface area contributed by atoms with Gasteiger partial charge in [0.15, 0.2) is 11.6 Å². The lowest BCUT2D eigenvalue weighted by molar-refractivity contribution is 0.292. The van der Waals surface area contributed by atoms with Gasteiger partial charge in [-0.25, -0.2) is 4.98 Å². The minimum Gasteiger partial charge on any atom is -0.461 e. The fourth-order valence-corrected chi connectivity index (χ4v) is 1.95. The van der Waals surface area contributed by atoms with Gasteiger partial charge in [0.25, 0.3) is 0 Å². The minimum atomic E-state index is 0.112. The first-order valence-electron chi connectivity index (χ1n) is 6.92. The SMILES string of the molecule is OCCCNc1nc(-c2ccco2)nnc1-c1ccncc1. The maximum absolute atomic E-state index is 8.92. The molecule has 0 aliphatic rings. The van der Waals surface area contributed by atoms with Gasteiger partial charge in [-0.1, -0.05) is 0 Å². The Bertz CT molecular complexity index is 716. The van der Waals surface area contributed by atoms with Gasteiger partial charge >= 0.3 is 0 Å². The van der Waals surface area contributed by atoms with Crippen molar-refractivity contribution in [3.8, 4) is 22.8 Å². The van der Waals surface area contributed by atoms with Crippen LogP contribution in [0.4, 0.5) is 5.82 Å². The molecule has 0 amide bonds. The van der Waals surface area contributed by atoms with Crippen LogP contribution in [0, 0.1) is 0 Å². The van der Waals surface area contributed by atoms with E-state index in [2.05, 4.69) is 25.5 Å². The van der Waals surface area contributed by atoms with Crippen LogP contribution >= 0.6 is 0 Å². The number of anilines is 1. The predicted octanol–water partition coefficient (Wildman–Crippen LogP) is 1.99. The Morgan fingerprint density at radius 2 is 2.00 bits per heavy atom. The number of hydrogen-bond acceptors (Lipinski definition) is 7. The Kier molecular flexibility index (Phi) is 4.35. The molecule has 0 aliphatic heterocycles. The molecule has 3 rings (SSSR count). The van der Waals surface area contributed by atoms with E-state index in [1.165, 1.54) is 0 Å². The molecule has 0 aliphatic carbocycles. The van der Waals surface area contributed by atoms with Gasteiger partial charge in [-0.05, 0) is 30.7 Å². The molecule has 0 radical (unpaired) electrons. The third kappa shape index (κ3) is 3.09. The molecular formula is C15H15N5O2. The van der Waals surface area contributed by atoms with Crippen molar-refractivity contribution in [3.63, 3.8) is 0 Å². The fourth-order valence-electron chi connectivity index (χ4n) is 1.95. The summed E-state index contributed by atoms with van der Waals surface area (Å²) >= 11 is 0. The molecule has 22 heavy (non-hydrogen) atoms. The van der Waals surface area contributed by atoms with Crippen LogP contribution in [-0.2, 0) is 0 Å². The second-order valence-electron chi connectivity index (χ2n) is 4.55. The lowest BCUT2D eigenvalue weighted by Crippen LogP contribution is -2.09. The average Bonchev–Trinajstić information content (AvgIpc) is 3.10. The van der Waals surface area contributed by atoms with E-state index in [1.807, 2.05) is 12.1 Å². The third-order valence-corrected chi connectivity index (χ3v) is 3.01. The number of nitrogens with one attached hydrogen (secondary N) is 1. The van der Waals surface area contributed by atoms with Crippen molar-refractivity contribution in [2.45, 2.75) is 6.42 Å². The van der Waals surface area contributed by atoms with Gasteiger partial charge in [-0.2, -0.15) is 0 Å². The van der Waals surface area contributed by atoms with Crippen molar-refractivity contribution in [2.24, 2.45) is 0 Å². The summed E-state index contributed by atoms with van der Waals surface area (Å²) in [6.07, 6.45) is 5.56. The number of hydrogen-bond donors (Lipinski definition) is 2. The molecule has 3 aromatic rings. The Balaban J connectivity index is 1.98. The Hall–Kier alpha value is -2.80. The van der Waals surface area contributed by atoms with Crippen molar-refractivity contribution < 1.29 is 9.52 Å². The third-order valence-electron chi connectivity index (χ3n) is 3.01. The van der Waals surface area contributed by atoms with Crippen molar-refractivity contribution in [3.05, 3.63) is 42.9 Å². The molecule has 7 heteroatoms. The molecule has 3 heterocycles. The van der Waals surface area contributed by atoms with Crippen molar-refractivity contribution >= 4 is 5.82 Å². The van der Waals surface area contributed by atoms with E-state index in [1.54, 1.807) is 30.8 Å². The van der Waals surface area contributed by atoms with Crippen LogP contribution in [0.25, 0.3) is 22.8 Å². The van der Waals surface area contributed by atoms with E-state index in [0.717, 1.165) is 5.56 Å². The van der Waals surface area contributed by atoms with Gasteiger partial charge in [-0.3, -0.25) is 4.98 Å². The van der Waals surface area contributed by atoms with E-state index in [-0.39, 0.29) is 6.61 Å². The zero-order valence-electron chi connectivity index (χ0n) is 11.8. The highest BCUT2D eigenvalue weighted by molar-refractivity contribution is 5.71. The Morgan fingerprint density at radius 1 is 1.14 bits per heavy atom. The van der Waals surface area contributed by atoms with Gasteiger partial charge < -0.3 is 14.8 Å². The minimum absolute atomic E-state index is 0.112. The lowest BCUT2D eigenvalue weighted by Gasteiger charge is -2.10. The van der Waals surface area contributed by atoms with Crippen LogP contribution < -0.4 is 5.32 Å². The largest absolute Gasteiger partial charge is 0.461 e. The summed E-state index contributed by atoms with van der Waals surface area (Å²) in [5.41, 5.74) is 1.50. The first kappa shape index (κ1) is 14.2. The summed E-state index contributed by atoms with van der Waals surface area (Å²) < 4.78 is 5.30. The van der Waals surface area contributed by atoms with E-state index in [0.29, 0.717) is 36.1 Å². The number of pyridine rings is 1. The van der Waals surface area contributed by atoms with E-state index in [9.17, 15) is 0 Å². The number of nitrogens with zero attached hydrogens (tertiary/aromatic N) is 4. The van der Waals surface area contributed by atoms with Crippen LogP contribution in [0.5, 0.6) is 0 Å². The molecule has 0 saturated carbocycles. The number of aromatic nitrogens is 4. The van der Waals surface area contributed by atoms with E-state index >= 15 is 0 Å². The van der Waals surface area contributed by atoms with Gasteiger partial charge in [0.2, 0.25) is 5.82 Å². The second kappa shape index (κ2) is 6.77. The van der Waals surface area contributed by atoms with Crippen LogP contribution in [0.3, 0.4) is 0 Å². The number of rotatable bonds is 6. The molecule has 0 spiro atoms. The summed E-state index contributed by atoms with van der Waals surface area (Å²) in [5.74, 6) is 1.56. The quantitative estimate of drug-likeness (QED) is 0.671. The molecule has 0 fully saturated rings. The summed E-state index contributed by atoms with van der Waals surface area (Å²) in [7, 11) is 0.